The Balaban J connectivity index is 2.47. The number of hydrogen-bond donors (Lipinski definition) is 2. The number of nitrogens with two attached hydrogens (primary N) is 1. The van der Waals surface area contributed by atoms with Crippen LogP contribution in [0.3, 0.4) is 0 Å². The van der Waals surface area contributed by atoms with Gasteiger partial charge in [0.15, 0.2) is 5.75 Å². The van der Waals surface area contributed by atoms with E-state index in [1.54, 1.807) is 6.92 Å². The molecule has 20 heavy (non-hydrogen) atoms. The first kappa shape index (κ1) is 12.3. The highest BCUT2D eigenvalue weighted by atomic mass is 16.7. The van der Waals surface area contributed by atoms with Crippen LogP contribution in [0.2, 0.25) is 0 Å². The second-order valence-electron chi connectivity index (χ2n) is 4.58. The molecule has 6 heteroatoms. The van der Waals surface area contributed by atoms with Crippen LogP contribution in [0.5, 0.6) is 5.75 Å². The smallest absolute Gasteiger partial charge is 0.449 e. The molecule has 0 radical (unpaired) electrons. The maximum absolute atomic E-state index is 10.8. The molecule has 0 unspecified atom stereocenters. The lowest BCUT2D eigenvalue weighted by molar-refractivity contribution is 0.144. The van der Waals surface area contributed by atoms with Crippen molar-refractivity contribution in [3.63, 3.8) is 0 Å². The molecule has 0 aliphatic rings. The maximum Gasteiger partial charge on any atom is 0.511 e. The largest absolute Gasteiger partial charge is 0.511 e. The number of para-hydroxylation sites is 1. The average molecular weight is 271 g/mol. The van der Waals surface area contributed by atoms with E-state index in [4.69, 9.17) is 15.6 Å². The van der Waals surface area contributed by atoms with Crippen LogP contribution in [0.15, 0.2) is 24.3 Å². The first-order valence-electron chi connectivity index (χ1n) is 6.04. The number of aromatic nitrogens is 2. The van der Waals surface area contributed by atoms with E-state index >= 15 is 0 Å². The number of nitrogens with zero attached hydrogens (tertiary/aromatic N) is 2. The van der Waals surface area contributed by atoms with Crippen LogP contribution < -0.4 is 10.5 Å². The third-order valence-electron chi connectivity index (χ3n) is 3.38. The van der Waals surface area contributed by atoms with Gasteiger partial charge in [-0.05, 0) is 13.0 Å². The van der Waals surface area contributed by atoms with Crippen molar-refractivity contribution in [3.05, 3.63) is 30.0 Å². The molecule has 1 aromatic carbocycles. The van der Waals surface area contributed by atoms with Gasteiger partial charge in [-0.25, -0.2) is 9.78 Å². The molecule has 3 N–H and O–H groups in total. The highest BCUT2D eigenvalue weighted by Gasteiger charge is 2.19. The summed E-state index contributed by atoms with van der Waals surface area (Å²) in [5.41, 5.74) is 8.54. The lowest BCUT2D eigenvalue weighted by atomic mass is 10.1. The van der Waals surface area contributed by atoms with Crippen molar-refractivity contribution in [2.45, 2.75) is 6.92 Å². The van der Waals surface area contributed by atoms with Gasteiger partial charge >= 0.3 is 6.16 Å². The Morgan fingerprint density at radius 1 is 1.40 bits per heavy atom. The van der Waals surface area contributed by atoms with Crippen LogP contribution >= 0.6 is 0 Å². The summed E-state index contributed by atoms with van der Waals surface area (Å²) >= 11 is 0. The number of carboxylic acid groups (broad SMARTS) is 1. The zero-order chi connectivity index (χ0) is 14.4. The molecule has 0 spiro atoms. The van der Waals surface area contributed by atoms with Gasteiger partial charge in [0.05, 0.1) is 22.3 Å². The Morgan fingerprint density at radius 2 is 2.10 bits per heavy atom. The van der Waals surface area contributed by atoms with E-state index in [9.17, 15) is 4.79 Å². The summed E-state index contributed by atoms with van der Waals surface area (Å²) in [5, 5.41) is 10.4. The number of fused-ring (bicyclic) bond motifs is 3. The monoisotopic (exact) mass is 271 g/mol. The SMILES string of the molecule is Cc1nc2c(c(N)c1OC(=O)O)c1ccccc1n2C. The zero-order valence-electron chi connectivity index (χ0n) is 11.0. The van der Waals surface area contributed by atoms with Crippen molar-refractivity contribution < 1.29 is 14.6 Å². The van der Waals surface area contributed by atoms with E-state index in [1.807, 2.05) is 35.9 Å². The van der Waals surface area contributed by atoms with E-state index in [-0.39, 0.29) is 5.75 Å². The van der Waals surface area contributed by atoms with Gasteiger partial charge in [-0.1, -0.05) is 18.2 Å². The van der Waals surface area contributed by atoms with Crippen LogP contribution in [0.1, 0.15) is 5.69 Å². The summed E-state index contributed by atoms with van der Waals surface area (Å²) in [6.07, 6.45) is -1.40. The normalized spacial score (nSPS) is 11.1. The van der Waals surface area contributed by atoms with E-state index in [0.717, 1.165) is 10.9 Å². The zero-order valence-corrected chi connectivity index (χ0v) is 11.0. The summed E-state index contributed by atoms with van der Waals surface area (Å²) < 4.78 is 6.69. The third kappa shape index (κ3) is 1.58. The van der Waals surface area contributed by atoms with E-state index in [0.29, 0.717) is 22.4 Å². The van der Waals surface area contributed by atoms with Gasteiger partial charge in [0.25, 0.3) is 0 Å². The second-order valence-corrected chi connectivity index (χ2v) is 4.58. The number of anilines is 1. The van der Waals surface area contributed by atoms with Crippen molar-refractivity contribution >= 4 is 33.8 Å². The Kier molecular flexibility index (Phi) is 2.53. The molecular weight excluding hydrogens is 258 g/mol. The fourth-order valence-electron chi connectivity index (χ4n) is 2.51. The van der Waals surface area contributed by atoms with Crippen molar-refractivity contribution in [1.82, 2.24) is 9.55 Å². The first-order chi connectivity index (χ1) is 9.50. The van der Waals surface area contributed by atoms with Gasteiger partial charge < -0.3 is 20.1 Å². The number of hydrogen-bond acceptors (Lipinski definition) is 4. The third-order valence-corrected chi connectivity index (χ3v) is 3.38. The summed E-state index contributed by atoms with van der Waals surface area (Å²) in [5.74, 6) is 0.0985. The first-order valence-corrected chi connectivity index (χ1v) is 6.04. The predicted molar refractivity (Wildman–Crippen MR) is 76.0 cm³/mol. The number of carbonyl (C=O) groups is 1. The molecule has 0 aliphatic carbocycles. The molecule has 0 atom stereocenters. The lowest BCUT2D eigenvalue weighted by Gasteiger charge is -2.08. The van der Waals surface area contributed by atoms with Crippen molar-refractivity contribution in [1.29, 1.82) is 0 Å². The van der Waals surface area contributed by atoms with Gasteiger partial charge in [-0.15, -0.1) is 0 Å². The van der Waals surface area contributed by atoms with E-state index in [2.05, 4.69) is 4.98 Å². The predicted octanol–water partition coefficient (Wildman–Crippen LogP) is 2.67. The molecule has 0 amide bonds. The van der Waals surface area contributed by atoms with Crippen molar-refractivity contribution in [3.8, 4) is 5.75 Å². The standard InChI is InChI=1S/C14H13N3O3/c1-7-12(20-14(18)19)11(15)10-8-5-3-4-6-9(8)17(2)13(10)16-7/h3-6H,1-2H3,(H2,15,16)(H,18,19). The molecule has 6 nitrogen and oxygen atoms in total. The molecule has 102 valence electrons. The quantitative estimate of drug-likeness (QED) is 0.664. The lowest BCUT2D eigenvalue weighted by Crippen LogP contribution is -2.08. The van der Waals surface area contributed by atoms with E-state index < -0.39 is 6.16 Å². The number of pyridine rings is 1. The van der Waals surface area contributed by atoms with Gasteiger partial charge in [-0.2, -0.15) is 0 Å². The molecule has 3 rings (SSSR count). The molecule has 0 aliphatic heterocycles. The maximum atomic E-state index is 10.8. The molecule has 0 bridgehead atoms. The minimum Gasteiger partial charge on any atom is -0.449 e. The molecule has 3 aromatic rings. The fourth-order valence-corrected chi connectivity index (χ4v) is 2.51. The Labute approximate surface area is 114 Å². The number of rotatable bonds is 1. The van der Waals surface area contributed by atoms with Crippen LogP contribution in [-0.4, -0.2) is 20.8 Å². The Hall–Kier alpha value is -2.76. The van der Waals surface area contributed by atoms with Crippen molar-refractivity contribution in [2.75, 3.05) is 5.73 Å². The van der Waals surface area contributed by atoms with E-state index in [1.165, 1.54) is 0 Å². The van der Waals surface area contributed by atoms with Crippen molar-refractivity contribution in [2.24, 2.45) is 7.05 Å². The highest BCUT2D eigenvalue weighted by Crippen LogP contribution is 2.38. The Bertz CT molecular complexity index is 852. The van der Waals surface area contributed by atoms with Gasteiger partial charge in [0.1, 0.15) is 5.65 Å². The topological polar surface area (TPSA) is 90.4 Å². The average Bonchev–Trinajstić information content (AvgIpc) is 2.68. The van der Waals surface area contributed by atoms with Gasteiger partial charge in [0, 0.05) is 12.4 Å². The number of nitrogen functional groups attached to an aromatic ring is 1. The number of aryl methyl sites for hydroxylation is 2. The summed E-state index contributed by atoms with van der Waals surface area (Å²) in [4.78, 5) is 15.2. The Morgan fingerprint density at radius 3 is 2.80 bits per heavy atom. The van der Waals surface area contributed by atoms with Crippen LogP contribution in [0.4, 0.5) is 10.5 Å². The van der Waals surface area contributed by atoms with Crippen LogP contribution in [0, 0.1) is 6.92 Å². The minimum absolute atomic E-state index is 0.0985. The van der Waals surface area contributed by atoms with Gasteiger partial charge in [0.2, 0.25) is 0 Å². The fraction of sp³-hybridized carbons (Fsp3) is 0.143. The molecule has 2 aromatic heterocycles. The molecule has 0 saturated carbocycles. The van der Waals surface area contributed by atoms with Crippen LogP contribution in [0.25, 0.3) is 21.9 Å². The number of benzene rings is 1. The summed E-state index contributed by atoms with van der Waals surface area (Å²) in [6, 6.07) is 7.72. The van der Waals surface area contributed by atoms with Crippen LogP contribution in [-0.2, 0) is 7.05 Å². The molecule has 0 fully saturated rings. The molecule has 0 saturated heterocycles. The van der Waals surface area contributed by atoms with Gasteiger partial charge in [-0.3, -0.25) is 0 Å². The molecule has 2 heterocycles. The minimum atomic E-state index is -1.40. The number of ether oxygens (including phenoxy) is 1. The summed E-state index contributed by atoms with van der Waals surface area (Å²) in [6.45, 7) is 1.67. The summed E-state index contributed by atoms with van der Waals surface area (Å²) in [7, 11) is 1.90. The second kappa shape index (κ2) is 4.12. The highest BCUT2D eigenvalue weighted by molar-refractivity contribution is 6.13. The molecular formula is C14H13N3O3.